The highest BCUT2D eigenvalue weighted by molar-refractivity contribution is 9.10. The van der Waals surface area contributed by atoms with E-state index in [9.17, 15) is 9.59 Å². The molecule has 0 unspecified atom stereocenters. The summed E-state index contributed by atoms with van der Waals surface area (Å²) in [6, 6.07) is 15.9. The third-order valence-corrected chi connectivity index (χ3v) is 7.65. The van der Waals surface area contributed by atoms with Gasteiger partial charge in [0.1, 0.15) is 17.9 Å². The lowest BCUT2D eigenvalue weighted by atomic mass is 9.73. The van der Waals surface area contributed by atoms with Crippen LogP contribution in [0.25, 0.3) is 11.3 Å². The molecule has 1 aromatic heterocycles. The van der Waals surface area contributed by atoms with E-state index in [2.05, 4.69) is 26.6 Å². The normalized spacial score (nSPS) is 15.9. The Kier molecular flexibility index (Phi) is 6.34. The number of hydrogen-bond donors (Lipinski definition) is 0. The Morgan fingerprint density at radius 1 is 1.09 bits per heavy atom. The zero-order valence-electron chi connectivity index (χ0n) is 19.3. The van der Waals surface area contributed by atoms with Gasteiger partial charge in [-0.1, -0.05) is 49.6 Å². The first-order valence-electron chi connectivity index (χ1n) is 11.9. The molecule has 3 aromatic rings. The third kappa shape index (κ3) is 4.20. The van der Waals surface area contributed by atoms with Gasteiger partial charge in [-0.3, -0.25) is 4.79 Å². The van der Waals surface area contributed by atoms with Crippen molar-refractivity contribution in [3.63, 3.8) is 0 Å². The molecule has 0 bridgehead atoms. The number of ether oxygens (including phenoxy) is 2. The highest BCUT2D eigenvalue weighted by Gasteiger charge is 2.40. The van der Waals surface area contributed by atoms with Crippen molar-refractivity contribution < 1.29 is 14.3 Å². The van der Waals surface area contributed by atoms with E-state index < -0.39 is 5.97 Å². The highest BCUT2D eigenvalue weighted by atomic mass is 79.9. The van der Waals surface area contributed by atoms with Crippen LogP contribution in [0.1, 0.15) is 60.5 Å². The number of aromatic nitrogens is 1. The molecule has 5 rings (SSSR count). The molecule has 0 amide bonds. The molecule has 0 radical (unpaired) electrons. The van der Waals surface area contributed by atoms with Gasteiger partial charge in [-0.05, 0) is 65.4 Å². The van der Waals surface area contributed by atoms with Crippen LogP contribution in [0.3, 0.4) is 0 Å². The number of pyridine rings is 1. The van der Waals surface area contributed by atoms with Crippen LogP contribution in [0, 0.1) is 0 Å². The summed E-state index contributed by atoms with van der Waals surface area (Å²) in [5, 5.41) is 0. The van der Waals surface area contributed by atoms with Crippen LogP contribution in [0.15, 0.2) is 64.0 Å². The molecular formula is C28H28BrNO4. The van der Waals surface area contributed by atoms with Gasteiger partial charge in [0.25, 0.3) is 0 Å². The average molecular weight is 522 g/mol. The maximum absolute atomic E-state index is 12.9. The topological polar surface area (TPSA) is 57.5 Å². The molecule has 176 valence electrons. The molecule has 6 heteroatoms. The van der Waals surface area contributed by atoms with Gasteiger partial charge >= 0.3 is 5.97 Å². The molecule has 1 spiro atoms. The Hall–Kier alpha value is -2.86. The zero-order valence-corrected chi connectivity index (χ0v) is 20.9. The van der Waals surface area contributed by atoms with Crippen LogP contribution in [0.4, 0.5) is 0 Å². The minimum absolute atomic E-state index is 0.112. The second kappa shape index (κ2) is 9.41. The van der Waals surface area contributed by atoms with Gasteiger partial charge in [-0.15, -0.1) is 0 Å². The van der Waals surface area contributed by atoms with Crippen molar-refractivity contribution in [1.29, 1.82) is 0 Å². The average Bonchev–Trinajstić information content (AvgIpc) is 2.84. The molecule has 0 atom stereocenters. The number of carbonyl (C=O) groups excluding carboxylic acids is 1. The number of esters is 1. The van der Waals surface area contributed by atoms with Gasteiger partial charge in [0.15, 0.2) is 5.43 Å². The molecule has 1 aliphatic heterocycles. The minimum Gasteiger partial charge on any atom is -0.488 e. The number of rotatable bonds is 5. The Balaban J connectivity index is 1.59. The molecule has 34 heavy (non-hydrogen) atoms. The molecule has 2 aromatic carbocycles. The maximum atomic E-state index is 12.9. The zero-order chi connectivity index (χ0) is 23.7. The largest absolute Gasteiger partial charge is 0.488 e. The standard InChI is InChI=1S/C28H28BrNO4/c1-2-33-27(32)22-17-30-24(15-25(22)31)21-14-23(29)26(34-18-19-9-5-3-6-10-19)13-20(21)16-28(30)11-7-4-8-12-28/h3,5-6,9-10,13-15,17H,2,4,7-8,11-12,16,18H2,1H3. The second-order valence-electron chi connectivity index (χ2n) is 9.20. The maximum Gasteiger partial charge on any atom is 0.343 e. The van der Waals surface area contributed by atoms with Crippen molar-refractivity contribution in [3.05, 3.63) is 86.1 Å². The van der Waals surface area contributed by atoms with Gasteiger partial charge < -0.3 is 14.0 Å². The number of benzene rings is 2. The van der Waals surface area contributed by atoms with E-state index in [4.69, 9.17) is 9.47 Å². The first kappa shape index (κ1) is 22.9. The Bertz CT molecular complexity index is 1280. The number of nitrogens with zero attached hydrogens (tertiary/aromatic N) is 1. The SMILES string of the molecule is CCOC(=O)c1cn2c(cc1=O)-c1cc(Br)c(OCc3ccccc3)cc1CC21CCCCC1. The lowest BCUT2D eigenvalue weighted by Gasteiger charge is -2.45. The summed E-state index contributed by atoms with van der Waals surface area (Å²) in [5.74, 6) is 0.248. The van der Waals surface area contributed by atoms with Crippen LogP contribution in [-0.2, 0) is 23.3 Å². The second-order valence-corrected chi connectivity index (χ2v) is 10.1. The van der Waals surface area contributed by atoms with Crippen molar-refractivity contribution in [2.45, 2.75) is 57.6 Å². The molecule has 1 saturated carbocycles. The Labute approximate surface area is 207 Å². The first-order chi connectivity index (χ1) is 16.5. The van der Waals surface area contributed by atoms with E-state index in [1.165, 1.54) is 12.0 Å². The van der Waals surface area contributed by atoms with Crippen LogP contribution in [0.2, 0.25) is 0 Å². The van der Waals surface area contributed by atoms with Crippen molar-refractivity contribution in [1.82, 2.24) is 4.57 Å². The monoisotopic (exact) mass is 521 g/mol. The fourth-order valence-corrected chi connectivity index (χ4v) is 5.85. The van der Waals surface area contributed by atoms with Crippen molar-refractivity contribution in [2.75, 3.05) is 6.61 Å². The lowest BCUT2D eigenvalue weighted by molar-refractivity contribution is 0.0522. The molecule has 5 nitrogen and oxygen atoms in total. The Morgan fingerprint density at radius 3 is 2.59 bits per heavy atom. The van der Waals surface area contributed by atoms with Crippen LogP contribution >= 0.6 is 15.9 Å². The van der Waals surface area contributed by atoms with Crippen molar-refractivity contribution in [3.8, 4) is 17.0 Å². The van der Waals surface area contributed by atoms with Gasteiger partial charge in [-0.2, -0.15) is 0 Å². The fourth-order valence-electron chi connectivity index (χ4n) is 5.39. The van der Waals surface area contributed by atoms with Gasteiger partial charge in [0.05, 0.1) is 16.8 Å². The van der Waals surface area contributed by atoms with Gasteiger partial charge in [0, 0.05) is 23.4 Å². The van der Waals surface area contributed by atoms with Crippen molar-refractivity contribution >= 4 is 21.9 Å². The third-order valence-electron chi connectivity index (χ3n) is 7.03. The van der Waals surface area contributed by atoms with Crippen LogP contribution < -0.4 is 10.2 Å². The highest BCUT2D eigenvalue weighted by Crippen LogP contribution is 2.47. The van der Waals surface area contributed by atoms with E-state index in [0.29, 0.717) is 6.61 Å². The van der Waals surface area contributed by atoms with E-state index in [1.807, 2.05) is 36.4 Å². The quantitative estimate of drug-likeness (QED) is 0.372. The van der Waals surface area contributed by atoms with Gasteiger partial charge in [0.2, 0.25) is 0 Å². The number of hydrogen-bond acceptors (Lipinski definition) is 4. The number of fused-ring (bicyclic) bond motifs is 4. The predicted octanol–water partition coefficient (Wildman–Crippen LogP) is 6.25. The van der Waals surface area contributed by atoms with Crippen LogP contribution in [0.5, 0.6) is 5.75 Å². The first-order valence-corrected chi connectivity index (χ1v) is 12.7. The summed E-state index contributed by atoms with van der Waals surface area (Å²) in [6.45, 7) is 2.48. The lowest BCUT2D eigenvalue weighted by Crippen LogP contribution is -2.42. The minimum atomic E-state index is -0.551. The summed E-state index contributed by atoms with van der Waals surface area (Å²) in [5.41, 5.74) is 3.81. The fraction of sp³-hybridized carbons (Fsp3) is 0.357. The molecular weight excluding hydrogens is 494 g/mol. The molecule has 1 aliphatic carbocycles. The van der Waals surface area contributed by atoms with Gasteiger partial charge in [-0.25, -0.2) is 4.79 Å². The summed E-state index contributed by atoms with van der Waals surface area (Å²) in [6.07, 6.45) is 8.09. The summed E-state index contributed by atoms with van der Waals surface area (Å²) in [7, 11) is 0. The number of carbonyl (C=O) groups is 1. The molecule has 1 fully saturated rings. The molecule has 2 aliphatic rings. The number of halogens is 1. The summed E-state index contributed by atoms with van der Waals surface area (Å²) >= 11 is 3.68. The van der Waals surface area contributed by atoms with Crippen LogP contribution in [-0.4, -0.2) is 17.1 Å². The van der Waals surface area contributed by atoms with Crippen molar-refractivity contribution in [2.24, 2.45) is 0 Å². The van der Waals surface area contributed by atoms with E-state index in [0.717, 1.165) is 59.1 Å². The van der Waals surface area contributed by atoms with E-state index in [-0.39, 0.29) is 23.1 Å². The smallest absolute Gasteiger partial charge is 0.343 e. The Morgan fingerprint density at radius 2 is 1.85 bits per heavy atom. The molecule has 2 heterocycles. The molecule has 0 N–H and O–H groups in total. The predicted molar refractivity (Wildman–Crippen MR) is 135 cm³/mol. The summed E-state index contributed by atoms with van der Waals surface area (Å²) in [4.78, 5) is 25.4. The molecule has 0 saturated heterocycles. The van der Waals surface area contributed by atoms with E-state index >= 15 is 0 Å². The summed E-state index contributed by atoms with van der Waals surface area (Å²) < 4.78 is 14.4. The van der Waals surface area contributed by atoms with E-state index in [1.54, 1.807) is 19.2 Å².